The van der Waals surface area contributed by atoms with Crippen LogP contribution in [0.25, 0.3) is 0 Å². The van der Waals surface area contributed by atoms with Crippen LogP contribution in [0.3, 0.4) is 0 Å². The van der Waals surface area contributed by atoms with Gasteiger partial charge in [-0.2, -0.15) is 0 Å². The number of aliphatic hydroxyl groups is 1. The Labute approximate surface area is 173 Å². The second kappa shape index (κ2) is 13.0. The van der Waals surface area contributed by atoms with Gasteiger partial charge in [-0.3, -0.25) is 9.78 Å². The number of aromatic nitrogens is 1. The van der Waals surface area contributed by atoms with Crippen molar-refractivity contribution in [2.45, 2.75) is 86.0 Å². The molecule has 1 heterocycles. The molecule has 8 heteroatoms. The van der Waals surface area contributed by atoms with Crippen molar-refractivity contribution < 1.29 is 29.6 Å². The van der Waals surface area contributed by atoms with E-state index in [1.165, 1.54) is 11.1 Å². The van der Waals surface area contributed by atoms with Crippen LogP contribution in [0.2, 0.25) is 0 Å². The van der Waals surface area contributed by atoms with Gasteiger partial charge in [0.25, 0.3) is 0 Å². The van der Waals surface area contributed by atoms with Gasteiger partial charge in [0.15, 0.2) is 0 Å². The van der Waals surface area contributed by atoms with Gasteiger partial charge >= 0.3 is 12.1 Å². The summed E-state index contributed by atoms with van der Waals surface area (Å²) < 4.78 is 5.44. The molecule has 0 aliphatic heterocycles. The van der Waals surface area contributed by atoms with Gasteiger partial charge in [0.1, 0.15) is 11.4 Å². The topological polar surface area (TPSA) is 120 Å². The summed E-state index contributed by atoms with van der Waals surface area (Å²) >= 11 is 0. The molecule has 1 rings (SSSR count). The highest BCUT2D eigenvalue weighted by molar-refractivity contribution is 5.68. The van der Waals surface area contributed by atoms with Crippen LogP contribution in [0.4, 0.5) is 4.79 Å². The Hall–Kier alpha value is -2.35. The molecule has 1 amide bonds. The quantitative estimate of drug-likeness (QED) is 0.524. The Morgan fingerprint density at radius 3 is 2.31 bits per heavy atom. The Bertz CT molecular complexity index is 655. The SMILES string of the molecule is CC.Cc1ncc(CO)c(CN(CCCCCC(=O)O)C(=O)OC(C)(C)C)c1O. The maximum Gasteiger partial charge on any atom is 0.410 e. The molecule has 0 radical (unpaired) electrons. The molecule has 0 fully saturated rings. The summed E-state index contributed by atoms with van der Waals surface area (Å²) in [6.45, 7) is 11.1. The van der Waals surface area contributed by atoms with E-state index in [-0.39, 0.29) is 25.3 Å². The number of nitrogens with zero attached hydrogens (tertiary/aromatic N) is 2. The van der Waals surface area contributed by atoms with E-state index in [4.69, 9.17) is 9.84 Å². The predicted octanol–water partition coefficient (Wildman–Crippen LogP) is 4.00. The van der Waals surface area contributed by atoms with E-state index in [0.717, 1.165) is 0 Å². The van der Waals surface area contributed by atoms with Gasteiger partial charge in [0.2, 0.25) is 0 Å². The Kier molecular flexibility index (Phi) is 11.9. The zero-order chi connectivity index (χ0) is 22.6. The zero-order valence-electron chi connectivity index (χ0n) is 18.5. The third-order valence-electron chi connectivity index (χ3n) is 3.92. The summed E-state index contributed by atoms with van der Waals surface area (Å²) in [4.78, 5) is 28.7. The molecule has 0 bridgehead atoms. The lowest BCUT2D eigenvalue weighted by Gasteiger charge is -2.28. The Balaban J connectivity index is 0.00000379. The number of aliphatic carboxylic acids is 1. The Morgan fingerprint density at radius 2 is 1.79 bits per heavy atom. The molecule has 1 aromatic heterocycles. The van der Waals surface area contributed by atoms with Gasteiger partial charge in [-0.25, -0.2) is 4.79 Å². The predicted molar refractivity (Wildman–Crippen MR) is 111 cm³/mol. The minimum absolute atomic E-state index is 0.0546. The monoisotopic (exact) mass is 412 g/mol. The number of carboxylic acid groups (broad SMARTS) is 1. The van der Waals surface area contributed by atoms with E-state index in [0.29, 0.717) is 42.6 Å². The first kappa shape index (κ1) is 26.6. The first-order valence-corrected chi connectivity index (χ1v) is 10.0. The minimum atomic E-state index is -0.844. The molecule has 166 valence electrons. The molecule has 0 unspecified atom stereocenters. The molecule has 0 atom stereocenters. The van der Waals surface area contributed by atoms with Crippen molar-refractivity contribution in [2.75, 3.05) is 6.54 Å². The highest BCUT2D eigenvalue weighted by atomic mass is 16.6. The highest BCUT2D eigenvalue weighted by Crippen LogP contribution is 2.26. The lowest BCUT2D eigenvalue weighted by molar-refractivity contribution is -0.137. The van der Waals surface area contributed by atoms with E-state index >= 15 is 0 Å². The van der Waals surface area contributed by atoms with Crippen molar-refractivity contribution in [1.82, 2.24) is 9.88 Å². The summed E-state index contributed by atoms with van der Waals surface area (Å²) in [5.41, 5.74) is 0.612. The Morgan fingerprint density at radius 1 is 1.17 bits per heavy atom. The molecule has 0 saturated carbocycles. The molecule has 0 spiro atoms. The lowest BCUT2D eigenvalue weighted by atomic mass is 10.1. The molecular formula is C21H36N2O6. The molecule has 3 N–H and O–H groups in total. The molecule has 29 heavy (non-hydrogen) atoms. The second-order valence-electron chi connectivity index (χ2n) is 7.46. The second-order valence-corrected chi connectivity index (χ2v) is 7.46. The number of carboxylic acids is 1. The fraction of sp³-hybridized carbons (Fsp3) is 0.667. The summed E-state index contributed by atoms with van der Waals surface area (Å²) in [5, 5.41) is 28.6. The number of hydrogen-bond donors (Lipinski definition) is 3. The molecule has 8 nitrogen and oxygen atoms in total. The van der Waals surface area contributed by atoms with E-state index in [9.17, 15) is 19.8 Å². The maximum atomic E-state index is 12.6. The fourth-order valence-corrected chi connectivity index (χ4v) is 2.50. The van der Waals surface area contributed by atoms with Crippen LogP contribution in [-0.4, -0.2) is 49.4 Å². The zero-order valence-corrected chi connectivity index (χ0v) is 18.5. The molecule has 1 aromatic rings. The van der Waals surface area contributed by atoms with Crippen LogP contribution in [0.1, 0.15) is 77.1 Å². The van der Waals surface area contributed by atoms with E-state index in [2.05, 4.69) is 4.98 Å². The molecule has 0 aliphatic carbocycles. The number of carbonyl (C=O) groups is 2. The van der Waals surface area contributed by atoms with Gasteiger partial charge in [-0.1, -0.05) is 20.3 Å². The highest BCUT2D eigenvalue weighted by Gasteiger charge is 2.24. The number of hydrogen-bond acceptors (Lipinski definition) is 6. The largest absolute Gasteiger partial charge is 0.506 e. The van der Waals surface area contributed by atoms with Gasteiger partial charge in [0.05, 0.1) is 18.8 Å². The lowest BCUT2D eigenvalue weighted by Crippen LogP contribution is -2.37. The number of pyridine rings is 1. The number of unbranched alkanes of at least 4 members (excludes halogenated alkanes) is 2. The van der Waals surface area contributed by atoms with Crippen molar-refractivity contribution in [1.29, 1.82) is 0 Å². The van der Waals surface area contributed by atoms with Crippen LogP contribution in [-0.2, 0) is 22.7 Å². The van der Waals surface area contributed by atoms with Gasteiger partial charge in [0, 0.05) is 30.3 Å². The number of rotatable bonds is 9. The molecular weight excluding hydrogens is 376 g/mol. The molecule has 0 aromatic carbocycles. The molecule has 0 saturated heterocycles. The van der Waals surface area contributed by atoms with Crippen molar-refractivity contribution in [3.8, 4) is 5.75 Å². The number of aromatic hydroxyl groups is 1. The summed E-state index contributed by atoms with van der Waals surface area (Å²) in [6, 6.07) is 0. The van der Waals surface area contributed by atoms with E-state index in [1.807, 2.05) is 13.8 Å². The van der Waals surface area contributed by atoms with Gasteiger partial charge in [-0.15, -0.1) is 0 Å². The average molecular weight is 413 g/mol. The van der Waals surface area contributed by atoms with Crippen molar-refractivity contribution >= 4 is 12.1 Å². The standard InChI is InChI=1S/C19H30N2O6.C2H6/c1-13-17(25)15(14(12-22)10-20-13)11-21(18(26)27-19(2,3)4)9-7-5-6-8-16(23)24;1-2/h10,22,25H,5-9,11-12H2,1-4H3,(H,23,24);1-2H3. The molecule has 0 aliphatic rings. The number of aliphatic hydroxyl groups excluding tert-OH is 1. The number of carbonyl (C=O) groups excluding carboxylic acids is 1. The number of amides is 1. The van der Waals surface area contributed by atoms with Gasteiger partial charge < -0.3 is 25.0 Å². The van der Waals surface area contributed by atoms with E-state index < -0.39 is 17.7 Å². The number of aryl methyl sites for hydroxylation is 1. The van der Waals surface area contributed by atoms with Crippen LogP contribution in [0, 0.1) is 6.92 Å². The summed E-state index contributed by atoms with van der Waals surface area (Å²) in [5.74, 6) is -0.898. The number of ether oxygens (including phenoxy) is 1. The van der Waals surface area contributed by atoms with E-state index in [1.54, 1.807) is 27.7 Å². The van der Waals surface area contributed by atoms with Gasteiger partial charge in [-0.05, 0) is 40.5 Å². The normalized spacial score (nSPS) is 10.7. The van der Waals surface area contributed by atoms with Crippen LogP contribution >= 0.6 is 0 Å². The third-order valence-corrected chi connectivity index (χ3v) is 3.92. The summed E-state index contributed by atoms with van der Waals surface area (Å²) in [7, 11) is 0. The first-order chi connectivity index (χ1) is 13.5. The first-order valence-electron chi connectivity index (χ1n) is 10.0. The average Bonchev–Trinajstić information content (AvgIpc) is 2.64. The van der Waals surface area contributed by atoms with Crippen molar-refractivity contribution in [2.24, 2.45) is 0 Å². The third kappa shape index (κ3) is 10.1. The maximum absolute atomic E-state index is 12.6. The summed E-state index contributed by atoms with van der Waals surface area (Å²) in [6.07, 6.45) is 2.82. The fourth-order valence-electron chi connectivity index (χ4n) is 2.50. The van der Waals surface area contributed by atoms with Crippen LogP contribution < -0.4 is 0 Å². The smallest absolute Gasteiger partial charge is 0.410 e. The van der Waals surface area contributed by atoms with Crippen molar-refractivity contribution in [3.63, 3.8) is 0 Å². The van der Waals surface area contributed by atoms with Crippen molar-refractivity contribution in [3.05, 3.63) is 23.0 Å². The van der Waals surface area contributed by atoms with Crippen LogP contribution in [0.5, 0.6) is 5.75 Å². The van der Waals surface area contributed by atoms with Crippen LogP contribution in [0.15, 0.2) is 6.20 Å². The minimum Gasteiger partial charge on any atom is -0.506 e.